The highest BCUT2D eigenvalue weighted by atomic mass is 16.5. The van der Waals surface area contributed by atoms with Crippen molar-refractivity contribution in [2.24, 2.45) is 0 Å². The Morgan fingerprint density at radius 3 is 2.55 bits per heavy atom. The number of likely N-dealkylation sites (tertiary alicyclic amines) is 1. The Morgan fingerprint density at radius 1 is 1.17 bits per heavy atom. The van der Waals surface area contributed by atoms with Gasteiger partial charge in [0.15, 0.2) is 5.82 Å². The van der Waals surface area contributed by atoms with Gasteiger partial charge in [-0.3, -0.25) is 9.59 Å². The molecular formula is C22H30N4O3. The van der Waals surface area contributed by atoms with E-state index < -0.39 is 6.04 Å². The van der Waals surface area contributed by atoms with Crippen molar-refractivity contribution in [1.82, 2.24) is 20.4 Å². The smallest absolute Gasteiger partial charge is 0.245 e. The van der Waals surface area contributed by atoms with Crippen LogP contribution in [0.5, 0.6) is 0 Å². The minimum Gasteiger partial charge on any atom is -0.344 e. The molecule has 1 aliphatic rings. The maximum Gasteiger partial charge on any atom is 0.245 e. The Labute approximate surface area is 171 Å². The Morgan fingerprint density at radius 2 is 1.90 bits per heavy atom. The molecule has 3 rings (SSSR count). The molecule has 1 fully saturated rings. The van der Waals surface area contributed by atoms with Gasteiger partial charge in [0.05, 0.1) is 0 Å². The molecule has 1 N–H and O–H groups in total. The summed E-state index contributed by atoms with van der Waals surface area (Å²) in [6.07, 6.45) is 4.03. The molecule has 7 nitrogen and oxygen atoms in total. The van der Waals surface area contributed by atoms with Crippen LogP contribution >= 0.6 is 0 Å². The number of carbonyl (C=O) groups excluding carboxylic acids is 2. The number of benzene rings is 1. The first-order valence-corrected chi connectivity index (χ1v) is 10.5. The van der Waals surface area contributed by atoms with Gasteiger partial charge in [-0.2, -0.15) is 4.98 Å². The molecule has 0 saturated carbocycles. The van der Waals surface area contributed by atoms with Crippen LogP contribution in [0.3, 0.4) is 0 Å². The van der Waals surface area contributed by atoms with Gasteiger partial charge in [-0.15, -0.1) is 0 Å². The number of aryl methyl sites for hydroxylation is 1. The highest BCUT2D eigenvalue weighted by molar-refractivity contribution is 5.88. The normalized spacial score (nSPS) is 14.9. The Hall–Kier alpha value is -2.70. The molecule has 0 spiro atoms. The third-order valence-electron chi connectivity index (χ3n) is 5.13. The summed E-state index contributed by atoms with van der Waals surface area (Å²) in [5.41, 5.74) is 1.04. The molecule has 156 valence electrons. The number of hydrogen-bond donors (Lipinski definition) is 1. The summed E-state index contributed by atoms with van der Waals surface area (Å²) in [7, 11) is 0. The van der Waals surface area contributed by atoms with E-state index in [9.17, 15) is 9.59 Å². The summed E-state index contributed by atoms with van der Waals surface area (Å²) in [5, 5.41) is 6.89. The number of amides is 2. The van der Waals surface area contributed by atoms with Gasteiger partial charge in [0.1, 0.15) is 6.04 Å². The first-order chi connectivity index (χ1) is 14.0. The van der Waals surface area contributed by atoms with Crippen LogP contribution in [0.1, 0.15) is 62.7 Å². The summed E-state index contributed by atoms with van der Waals surface area (Å²) >= 11 is 0. The van der Waals surface area contributed by atoms with Crippen LogP contribution in [0.25, 0.3) is 0 Å². The zero-order chi connectivity index (χ0) is 20.6. The van der Waals surface area contributed by atoms with Crippen LogP contribution in [0.15, 0.2) is 34.9 Å². The number of aromatic nitrogens is 2. The summed E-state index contributed by atoms with van der Waals surface area (Å²) in [5.74, 6) is 1.34. The molecule has 0 aliphatic carbocycles. The first kappa shape index (κ1) is 21.0. The lowest BCUT2D eigenvalue weighted by molar-refractivity contribution is -0.135. The highest BCUT2D eigenvalue weighted by Gasteiger charge is 2.27. The van der Waals surface area contributed by atoms with E-state index in [1.54, 1.807) is 0 Å². The zero-order valence-corrected chi connectivity index (χ0v) is 17.3. The van der Waals surface area contributed by atoms with Gasteiger partial charge in [-0.25, -0.2) is 0 Å². The SMILES string of the molecule is CC(C)c1noc(CCCC(=O)NC(Cc2ccccc2)C(=O)N2CCCC2)n1. The first-order valence-electron chi connectivity index (χ1n) is 10.5. The van der Waals surface area contributed by atoms with E-state index in [1.807, 2.05) is 49.1 Å². The minimum atomic E-state index is -0.529. The van der Waals surface area contributed by atoms with Gasteiger partial charge in [-0.1, -0.05) is 49.3 Å². The van der Waals surface area contributed by atoms with Crippen LogP contribution < -0.4 is 5.32 Å². The Bertz CT molecular complexity index is 797. The molecule has 7 heteroatoms. The van der Waals surface area contributed by atoms with E-state index in [-0.39, 0.29) is 17.7 Å². The number of nitrogens with zero attached hydrogens (tertiary/aromatic N) is 3. The molecule has 2 heterocycles. The molecule has 2 aromatic rings. The summed E-state index contributed by atoms with van der Waals surface area (Å²) in [6, 6.07) is 9.28. The van der Waals surface area contributed by atoms with Crippen LogP contribution in [-0.2, 0) is 22.4 Å². The second kappa shape index (κ2) is 10.2. The fourth-order valence-electron chi connectivity index (χ4n) is 3.48. The molecule has 0 bridgehead atoms. The lowest BCUT2D eigenvalue weighted by atomic mass is 10.0. The third-order valence-corrected chi connectivity index (χ3v) is 5.13. The molecule has 1 aliphatic heterocycles. The summed E-state index contributed by atoms with van der Waals surface area (Å²) in [4.78, 5) is 31.6. The zero-order valence-electron chi connectivity index (χ0n) is 17.3. The Kier molecular flexibility index (Phi) is 7.38. The number of rotatable bonds is 9. The van der Waals surface area contributed by atoms with E-state index in [0.29, 0.717) is 37.4 Å². The van der Waals surface area contributed by atoms with Gasteiger partial charge < -0.3 is 14.7 Å². The van der Waals surface area contributed by atoms with E-state index in [1.165, 1.54) is 0 Å². The van der Waals surface area contributed by atoms with E-state index in [2.05, 4.69) is 15.5 Å². The number of nitrogens with one attached hydrogen (secondary N) is 1. The largest absolute Gasteiger partial charge is 0.344 e. The molecule has 1 atom stereocenters. The highest BCUT2D eigenvalue weighted by Crippen LogP contribution is 2.14. The van der Waals surface area contributed by atoms with Crippen molar-refractivity contribution >= 4 is 11.8 Å². The summed E-state index contributed by atoms with van der Waals surface area (Å²) < 4.78 is 5.22. The van der Waals surface area contributed by atoms with Gasteiger partial charge in [0.2, 0.25) is 17.7 Å². The predicted molar refractivity (Wildman–Crippen MR) is 109 cm³/mol. The topological polar surface area (TPSA) is 88.3 Å². The lowest BCUT2D eigenvalue weighted by Crippen LogP contribution is -2.49. The molecule has 1 saturated heterocycles. The fourth-order valence-corrected chi connectivity index (χ4v) is 3.48. The van der Waals surface area contributed by atoms with Gasteiger partial charge >= 0.3 is 0 Å². The molecule has 0 radical (unpaired) electrons. The predicted octanol–water partition coefficient (Wildman–Crippen LogP) is 2.87. The summed E-state index contributed by atoms with van der Waals surface area (Å²) in [6.45, 7) is 5.56. The molecular weight excluding hydrogens is 368 g/mol. The fraction of sp³-hybridized carbons (Fsp3) is 0.545. The average Bonchev–Trinajstić information content (AvgIpc) is 3.40. The monoisotopic (exact) mass is 398 g/mol. The third kappa shape index (κ3) is 6.14. The maximum atomic E-state index is 12.9. The molecule has 1 unspecified atom stereocenters. The second-order valence-electron chi connectivity index (χ2n) is 7.90. The number of carbonyl (C=O) groups is 2. The van der Waals surface area contributed by atoms with Crippen molar-refractivity contribution in [3.05, 3.63) is 47.6 Å². The minimum absolute atomic E-state index is 0.0122. The van der Waals surface area contributed by atoms with E-state index in [0.717, 1.165) is 31.5 Å². The average molecular weight is 399 g/mol. The van der Waals surface area contributed by atoms with Crippen molar-refractivity contribution in [2.75, 3.05) is 13.1 Å². The van der Waals surface area contributed by atoms with Crippen molar-refractivity contribution in [3.8, 4) is 0 Å². The van der Waals surface area contributed by atoms with Crippen LogP contribution in [0.2, 0.25) is 0 Å². The van der Waals surface area contributed by atoms with Crippen molar-refractivity contribution in [3.63, 3.8) is 0 Å². The van der Waals surface area contributed by atoms with Crippen molar-refractivity contribution < 1.29 is 14.1 Å². The molecule has 1 aromatic heterocycles. The Balaban J connectivity index is 1.54. The molecule has 1 aromatic carbocycles. The standard InChI is InChI=1S/C22H30N4O3/c1-16(2)21-24-20(29-25-21)12-8-11-19(27)23-18(15-17-9-4-3-5-10-17)22(28)26-13-6-7-14-26/h3-5,9-10,16,18H,6-8,11-15H2,1-2H3,(H,23,27). The van der Waals surface area contributed by atoms with Gasteiger partial charge in [-0.05, 0) is 24.8 Å². The van der Waals surface area contributed by atoms with E-state index >= 15 is 0 Å². The van der Waals surface area contributed by atoms with E-state index in [4.69, 9.17) is 4.52 Å². The molecule has 29 heavy (non-hydrogen) atoms. The quantitative estimate of drug-likeness (QED) is 0.702. The second-order valence-corrected chi connectivity index (χ2v) is 7.90. The van der Waals surface area contributed by atoms with Crippen LogP contribution in [-0.4, -0.2) is 46.0 Å². The van der Waals surface area contributed by atoms with Gasteiger partial charge in [0, 0.05) is 38.3 Å². The maximum absolute atomic E-state index is 12.9. The number of hydrogen-bond acceptors (Lipinski definition) is 5. The van der Waals surface area contributed by atoms with Crippen LogP contribution in [0.4, 0.5) is 0 Å². The molecule has 2 amide bonds. The van der Waals surface area contributed by atoms with Crippen molar-refractivity contribution in [1.29, 1.82) is 0 Å². The van der Waals surface area contributed by atoms with Crippen LogP contribution in [0, 0.1) is 0 Å². The lowest BCUT2D eigenvalue weighted by Gasteiger charge is -2.24. The van der Waals surface area contributed by atoms with Crippen molar-refractivity contribution in [2.45, 2.75) is 64.3 Å². The van der Waals surface area contributed by atoms with Gasteiger partial charge in [0.25, 0.3) is 0 Å².